The number of hydrogen-bond donors (Lipinski definition) is 1. The number of likely N-dealkylation sites (N-methyl/N-ethyl adjacent to an activating group) is 1. The molecule has 46 heavy (non-hydrogen) atoms. The molecule has 1 saturated heterocycles. The third kappa shape index (κ3) is 17.6. The van der Waals surface area contributed by atoms with Crippen LogP contribution < -0.4 is 5.32 Å². The van der Waals surface area contributed by atoms with Crippen LogP contribution in [-0.4, -0.2) is 117 Å². The fourth-order valence-electron chi connectivity index (χ4n) is 5.18. The van der Waals surface area contributed by atoms with Crippen LogP contribution in [-0.2, 0) is 33.7 Å². The van der Waals surface area contributed by atoms with Crippen LogP contribution in [0.15, 0.2) is 36.6 Å². The number of aryl methyl sites for hydroxylation is 2. The number of fused-ring (bicyclic) bond motifs is 1. The van der Waals surface area contributed by atoms with Gasteiger partial charge in [0.2, 0.25) is 0 Å². The molecule has 9 nitrogen and oxygen atoms in total. The van der Waals surface area contributed by atoms with Gasteiger partial charge < -0.3 is 29.3 Å². The molecule has 1 N–H and O–H groups in total. The zero-order valence-corrected chi connectivity index (χ0v) is 30.6. The molecule has 3 rings (SSSR count). The lowest BCUT2D eigenvalue weighted by atomic mass is 10.1. The minimum absolute atomic E-state index is 0.608. The highest BCUT2D eigenvalue weighted by atomic mass is 16.5. The molecular formula is C37H68N6O3. The monoisotopic (exact) mass is 645 g/mol. The first-order valence-electron chi connectivity index (χ1n) is 18.0. The van der Waals surface area contributed by atoms with Crippen LogP contribution >= 0.6 is 0 Å². The summed E-state index contributed by atoms with van der Waals surface area (Å²) in [5, 5.41) is 3.57. The summed E-state index contributed by atoms with van der Waals surface area (Å²) in [5.74, 6) is 1.88. The van der Waals surface area contributed by atoms with Gasteiger partial charge in [0.25, 0.3) is 0 Å². The molecule has 0 atom stereocenters. The number of rotatable bonds is 18. The van der Waals surface area contributed by atoms with Gasteiger partial charge in [-0.15, -0.1) is 6.58 Å². The van der Waals surface area contributed by atoms with Crippen LogP contribution in [0.2, 0.25) is 0 Å². The molecule has 0 aromatic carbocycles. The molecular weight excluding hydrogens is 576 g/mol. The molecule has 264 valence electrons. The Balaban J connectivity index is 0.000000522. The van der Waals surface area contributed by atoms with Gasteiger partial charge in [-0.25, -0.2) is 9.97 Å². The Labute approximate surface area is 282 Å². The highest BCUT2D eigenvalue weighted by molar-refractivity contribution is 5.46. The predicted molar refractivity (Wildman–Crippen MR) is 195 cm³/mol. The smallest absolute Gasteiger partial charge is 0.135 e. The molecule has 0 amide bonds. The van der Waals surface area contributed by atoms with Gasteiger partial charge in [0.05, 0.1) is 25.5 Å². The summed E-state index contributed by atoms with van der Waals surface area (Å²) >= 11 is 0. The van der Waals surface area contributed by atoms with E-state index in [2.05, 4.69) is 65.7 Å². The number of nitrogens with zero attached hydrogens (tertiary/aromatic N) is 5. The quantitative estimate of drug-likeness (QED) is 0.112. The van der Waals surface area contributed by atoms with Gasteiger partial charge in [0, 0.05) is 83.3 Å². The van der Waals surface area contributed by atoms with E-state index >= 15 is 0 Å². The predicted octanol–water partition coefficient (Wildman–Crippen LogP) is 6.37. The van der Waals surface area contributed by atoms with Crippen molar-refractivity contribution in [2.24, 2.45) is 0 Å². The SMILES string of the molecule is C=CC/C=C(\C=C/C)N1CCN(C)CC1.CC.CCOCCN(CCCNc1nc(CC)nc2c1COCCCC2)CCOCC. The molecule has 0 radical (unpaired) electrons. The van der Waals surface area contributed by atoms with Crippen LogP contribution in [0.25, 0.3) is 0 Å². The van der Waals surface area contributed by atoms with Crippen molar-refractivity contribution in [3.05, 3.63) is 53.7 Å². The van der Waals surface area contributed by atoms with Crippen molar-refractivity contribution in [2.45, 2.75) is 86.7 Å². The summed E-state index contributed by atoms with van der Waals surface area (Å²) in [7, 11) is 2.18. The molecule has 0 saturated carbocycles. The topological polar surface area (TPSA) is 75.2 Å². The molecule has 1 aromatic heterocycles. The van der Waals surface area contributed by atoms with Crippen molar-refractivity contribution in [3.8, 4) is 0 Å². The normalized spacial score (nSPS) is 15.7. The van der Waals surface area contributed by atoms with E-state index in [0.29, 0.717) is 6.61 Å². The molecule has 0 spiro atoms. The van der Waals surface area contributed by atoms with Gasteiger partial charge in [-0.05, 0) is 72.5 Å². The standard InChI is InChI=1S/C22H40N4O3.C13H22N2.C2H6/c1-4-21-24-20-10-7-8-15-29-18-19(20)22(25-21)23-11-9-12-26(13-16-27-5-2)14-17-28-6-3;1-4-6-8-13(7-5-2)15-11-9-14(3)10-12-15;1-2/h4-18H2,1-3H3,(H,23,24,25);4-5,7-8H,1,6,9-12H2,2-3H3;1-2H3/b;7-5-,13-8+;. The van der Waals surface area contributed by atoms with Gasteiger partial charge in [0.15, 0.2) is 0 Å². The van der Waals surface area contributed by atoms with Crippen LogP contribution in [0.1, 0.15) is 84.3 Å². The van der Waals surface area contributed by atoms with Crippen molar-refractivity contribution < 1.29 is 14.2 Å². The fraction of sp³-hybridized carbons (Fsp3) is 0.730. The summed E-state index contributed by atoms with van der Waals surface area (Å²) < 4.78 is 16.9. The Morgan fingerprint density at radius 2 is 1.70 bits per heavy atom. The zero-order valence-electron chi connectivity index (χ0n) is 30.6. The van der Waals surface area contributed by atoms with E-state index in [1.54, 1.807) is 0 Å². The molecule has 3 heterocycles. The van der Waals surface area contributed by atoms with E-state index in [1.807, 2.05) is 33.8 Å². The molecule has 1 fully saturated rings. The second-order valence-electron chi connectivity index (χ2n) is 11.2. The summed E-state index contributed by atoms with van der Waals surface area (Å²) in [4.78, 5) is 16.8. The van der Waals surface area contributed by atoms with E-state index in [1.165, 1.54) is 5.70 Å². The first kappa shape index (κ1) is 41.7. The average Bonchev–Trinajstić information content (AvgIpc) is 3.07. The van der Waals surface area contributed by atoms with Crippen molar-refractivity contribution >= 4 is 5.82 Å². The van der Waals surface area contributed by atoms with E-state index in [0.717, 1.165) is 147 Å². The minimum Gasteiger partial charge on any atom is -0.380 e. The second-order valence-corrected chi connectivity index (χ2v) is 11.2. The highest BCUT2D eigenvalue weighted by Gasteiger charge is 2.16. The molecule has 0 bridgehead atoms. The number of anilines is 1. The third-order valence-electron chi connectivity index (χ3n) is 7.81. The van der Waals surface area contributed by atoms with Crippen LogP contribution in [0.3, 0.4) is 0 Å². The summed E-state index contributed by atoms with van der Waals surface area (Å²) in [6.45, 7) is 28.9. The number of allylic oxidation sites excluding steroid dienone is 4. The Kier molecular flexibility index (Phi) is 25.2. The maximum Gasteiger partial charge on any atom is 0.135 e. The largest absolute Gasteiger partial charge is 0.380 e. The van der Waals surface area contributed by atoms with Gasteiger partial charge in [0.1, 0.15) is 11.6 Å². The summed E-state index contributed by atoms with van der Waals surface area (Å²) in [6, 6.07) is 0. The molecule has 2 aliphatic heterocycles. The summed E-state index contributed by atoms with van der Waals surface area (Å²) in [5.41, 5.74) is 3.64. The van der Waals surface area contributed by atoms with Gasteiger partial charge in [-0.3, -0.25) is 4.90 Å². The molecule has 1 aromatic rings. The first-order valence-corrected chi connectivity index (χ1v) is 18.0. The minimum atomic E-state index is 0.608. The molecule has 9 heteroatoms. The van der Waals surface area contributed by atoms with E-state index in [-0.39, 0.29) is 0 Å². The second kappa shape index (κ2) is 27.8. The van der Waals surface area contributed by atoms with Gasteiger partial charge in [-0.1, -0.05) is 39.0 Å². The molecule has 0 unspecified atom stereocenters. The van der Waals surface area contributed by atoms with Crippen molar-refractivity contribution in [1.29, 1.82) is 0 Å². The van der Waals surface area contributed by atoms with Crippen molar-refractivity contribution in [3.63, 3.8) is 0 Å². The molecule has 2 aliphatic rings. The number of ether oxygens (including phenoxy) is 3. The number of aromatic nitrogens is 2. The Morgan fingerprint density at radius 3 is 2.30 bits per heavy atom. The highest BCUT2D eigenvalue weighted by Crippen LogP contribution is 2.22. The number of hydrogen-bond acceptors (Lipinski definition) is 9. The lowest BCUT2D eigenvalue weighted by Crippen LogP contribution is -2.43. The first-order chi connectivity index (χ1) is 22.6. The van der Waals surface area contributed by atoms with Crippen LogP contribution in [0.4, 0.5) is 5.82 Å². The van der Waals surface area contributed by atoms with Crippen LogP contribution in [0, 0.1) is 0 Å². The zero-order chi connectivity index (χ0) is 33.8. The Hall–Kier alpha value is -2.30. The maximum absolute atomic E-state index is 5.81. The molecule has 0 aliphatic carbocycles. The lowest BCUT2D eigenvalue weighted by molar-refractivity contribution is 0.0827. The number of nitrogens with one attached hydrogen (secondary N) is 1. The van der Waals surface area contributed by atoms with E-state index in [4.69, 9.17) is 24.2 Å². The maximum atomic E-state index is 5.81. The van der Waals surface area contributed by atoms with Gasteiger partial charge >= 0.3 is 0 Å². The fourth-order valence-corrected chi connectivity index (χ4v) is 5.18. The number of piperazine rings is 1. The Morgan fingerprint density at radius 1 is 1.00 bits per heavy atom. The summed E-state index contributed by atoms with van der Waals surface area (Å²) in [6.07, 6.45) is 14.6. The van der Waals surface area contributed by atoms with Crippen LogP contribution in [0.5, 0.6) is 0 Å². The van der Waals surface area contributed by atoms with Crippen molar-refractivity contribution in [1.82, 2.24) is 24.7 Å². The average molecular weight is 645 g/mol. The van der Waals surface area contributed by atoms with Crippen molar-refractivity contribution in [2.75, 3.05) is 97.8 Å². The van der Waals surface area contributed by atoms with E-state index < -0.39 is 0 Å². The third-order valence-corrected chi connectivity index (χ3v) is 7.81. The lowest BCUT2D eigenvalue weighted by Gasteiger charge is -2.34. The van der Waals surface area contributed by atoms with E-state index in [9.17, 15) is 0 Å². The van der Waals surface area contributed by atoms with Gasteiger partial charge in [-0.2, -0.15) is 0 Å². The Bertz CT molecular complexity index is 953.